The lowest BCUT2D eigenvalue weighted by atomic mass is 9.56. The third-order valence-electron chi connectivity index (χ3n) is 9.47. The van der Waals surface area contributed by atoms with Gasteiger partial charge in [-0.3, -0.25) is 0 Å². The first-order valence-electron chi connectivity index (χ1n) is 12.8. The van der Waals surface area contributed by atoms with Crippen LogP contribution in [0.2, 0.25) is 10.0 Å². The summed E-state index contributed by atoms with van der Waals surface area (Å²) in [5.41, 5.74) is 6.50. The van der Waals surface area contributed by atoms with Crippen molar-refractivity contribution in [3.63, 3.8) is 0 Å². The Kier molecular flexibility index (Phi) is 7.05. The Hall–Kier alpha value is -0.980. The van der Waals surface area contributed by atoms with Gasteiger partial charge in [-0.2, -0.15) is 0 Å². The molecule has 2 aliphatic carbocycles. The molecule has 0 saturated carbocycles. The minimum Gasteiger partial charge on any atom is -0.0843 e. The molecule has 0 saturated heterocycles. The van der Waals surface area contributed by atoms with E-state index < -0.39 is 0 Å². The van der Waals surface area contributed by atoms with E-state index >= 15 is 0 Å². The van der Waals surface area contributed by atoms with Gasteiger partial charge >= 0.3 is 0 Å². The maximum atomic E-state index is 6.67. The van der Waals surface area contributed by atoms with Crippen LogP contribution in [-0.2, 0) is 23.7 Å². The van der Waals surface area contributed by atoms with Crippen molar-refractivity contribution in [2.75, 3.05) is 0 Å². The van der Waals surface area contributed by atoms with E-state index in [4.69, 9.17) is 23.2 Å². The number of benzene rings is 2. The molecule has 0 aromatic heterocycles. The molecule has 0 heterocycles. The first kappa shape index (κ1) is 24.2. The van der Waals surface area contributed by atoms with Gasteiger partial charge < -0.3 is 0 Å². The number of hydrogen-bond acceptors (Lipinski definition) is 0. The zero-order valence-electron chi connectivity index (χ0n) is 20.6. The third kappa shape index (κ3) is 3.94. The fourth-order valence-corrected chi connectivity index (χ4v) is 8.04. The molecule has 0 spiro atoms. The Bertz CT molecular complexity index is 961. The van der Waals surface area contributed by atoms with Gasteiger partial charge in [0.15, 0.2) is 0 Å². The van der Waals surface area contributed by atoms with Crippen LogP contribution in [0.25, 0.3) is 0 Å². The molecule has 4 atom stereocenters. The average Bonchev–Trinajstić information content (AvgIpc) is 2.78. The second kappa shape index (κ2) is 9.34. The molecule has 4 rings (SSSR count). The van der Waals surface area contributed by atoms with Crippen molar-refractivity contribution in [3.05, 3.63) is 68.7 Å². The number of rotatable bonds is 6. The van der Waals surface area contributed by atoms with E-state index in [0.717, 1.165) is 16.5 Å². The Balaban J connectivity index is 1.68. The molecule has 0 amide bonds. The Labute approximate surface area is 206 Å². The van der Waals surface area contributed by atoms with Crippen molar-refractivity contribution >= 4 is 23.2 Å². The van der Waals surface area contributed by atoms with E-state index in [1.54, 1.807) is 5.56 Å². The lowest BCUT2D eigenvalue weighted by Crippen LogP contribution is -2.42. The highest BCUT2D eigenvalue weighted by Gasteiger charge is 2.45. The average molecular weight is 472 g/mol. The molecular formula is C30H40Cl2. The lowest BCUT2D eigenvalue weighted by Gasteiger charge is -2.49. The number of fused-ring (bicyclic) bond motifs is 2. The third-order valence-corrected chi connectivity index (χ3v) is 10.1. The molecule has 0 N–H and O–H groups in total. The molecule has 2 aromatic carbocycles. The second-order valence-electron chi connectivity index (χ2n) is 11.0. The molecule has 2 heteroatoms. The lowest BCUT2D eigenvalue weighted by molar-refractivity contribution is 0.150. The summed E-state index contributed by atoms with van der Waals surface area (Å²) in [5.74, 6) is 1.97. The number of halogens is 2. The van der Waals surface area contributed by atoms with Crippen molar-refractivity contribution in [1.29, 1.82) is 0 Å². The molecule has 2 aromatic rings. The van der Waals surface area contributed by atoms with Crippen LogP contribution in [0.15, 0.2) is 36.4 Å². The Morgan fingerprint density at radius 2 is 1.72 bits per heavy atom. The monoisotopic (exact) mass is 470 g/mol. The maximum Gasteiger partial charge on any atom is 0.0440 e. The van der Waals surface area contributed by atoms with Gasteiger partial charge in [-0.25, -0.2) is 0 Å². The van der Waals surface area contributed by atoms with Gasteiger partial charge in [0.2, 0.25) is 0 Å². The standard InChI is InChI=1S/C30H40Cl2/c1-6-29(15-9-10-25-26(29)11-8-12-28(25)32)21(5)16-22-17-23-13-14-24(31)18-27(23)30(7-2,19-22)20(3)4/h8,11-14,18,20-22H,6-7,9-10,15-17,19H2,1-5H3. The first-order chi connectivity index (χ1) is 15.3. The molecule has 2 aliphatic rings. The molecule has 0 aliphatic heterocycles. The van der Waals surface area contributed by atoms with E-state index in [0.29, 0.717) is 17.8 Å². The predicted octanol–water partition coefficient (Wildman–Crippen LogP) is 9.57. The fraction of sp³-hybridized carbons (Fsp3) is 0.600. The van der Waals surface area contributed by atoms with Crippen molar-refractivity contribution < 1.29 is 0 Å². The molecule has 0 fully saturated rings. The predicted molar refractivity (Wildman–Crippen MR) is 140 cm³/mol. The first-order valence-corrected chi connectivity index (χ1v) is 13.6. The zero-order chi connectivity index (χ0) is 23.1. The van der Waals surface area contributed by atoms with Crippen LogP contribution in [0.3, 0.4) is 0 Å². The molecule has 0 bridgehead atoms. The van der Waals surface area contributed by atoms with Crippen molar-refractivity contribution in [3.8, 4) is 0 Å². The van der Waals surface area contributed by atoms with E-state index in [1.165, 1.54) is 61.6 Å². The van der Waals surface area contributed by atoms with Gasteiger partial charge in [0.25, 0.3) is 0 Å². The molecule has 0 radical (unpaired) electrons. The highest BCUT2D eigenvalue weighted by molar-refractivity contribution is 6.31. The van der Waals surface area contributed by atoms with Crippen molar-refractivity contribution in [2.24, 2.45) is 17.8 Å². The summed E-state index contributed by atoms with van der Waals surface area (Å²) in [6.07, 6.45) is 9.81. The minimum atomic E-state index is 0.232. The summed E-state index contributed by atoms with van der Waals surface area (Å²) in [6, 6.07) is 13.3. The summed E-state index contributed by atoms with van der Waals surface area (Å²) in [4.78, 5) is 0. The van der Waals surface area contributed by atoms with Crippen LogP contribution in [0, 0.1) is 17.8 Å². The summed E-state index contributed by atoms with van der Waals surface area (Å²) >= 11 is 13.1. The molecular weight excluding hydrogens is 431 g/mol. The van der Waals surface area contributed by atoms with Gasteiger partial charge in [0.05, 0.1) is 0 Å². The molecule has 0 nitrogen and oxygen atoms in total. The second-order valence-corrected chi connectivity index (χ2v) is 11.8. The van der Waals surface area contributed by atoms with Gasteiger partial charge in [-0.05, 0) is 120 Å². The van der Waals surface area contributed by atoms with E-state index in [2.05, 4.69) is 71.0 Å². The van der Waals surface area contributed by atoms with Gasteiger partial charge in [-0.15, -0.1) is 0 Å². The quantitative estimate of drug-likeness (QED) is 0.393. The highest BCUT2D eigenvalue weighted by atomic mass is 35.5. The summed E-state index contributed by atoms with van der Waals surface area (Å²) in [6.45, 7) is 12.1. The largest absolute Gasteiger partial charge is 0.0843 e. The van der Waals surface area contributed by atoms with Crippen LogP contribution in [0.5, 0.6) is 0 Å². The smallest absolute Gasteiger partial charge is 0.0440 e. The highest BCUT2D eigenvalue weighted by Crippen LogP contribution is 2.53. The molecule has 32 heavy (non-hydrogen) atoms. The van der Waals surface area contributed by atoms with Crippen LogP contribution < -0.4 is 0 Å². The van der Waals surface area contributed by atoms with Crippen molar-refractivity contribution in [2.45, 2.75) is 96.8 Å². The van der Waals surface area contributed by atoms with Crippen LogP contribution in [-0.4, -0.2) is 0 Å². The van der Waals surface area contributed by atoms with Crippen LogP contribution >= 0.6 is 23.2 Å². The summed E-state index contributed by atoms with van der Waals surface area (Å²) in [5, 5.41) is 1.86. The Morgan fingerprint density at radius 1 is 0.969 bits per heavy atom. The van der Waals surface area contributed by atoms with Crippen LogP contribution in [0.1, 0.15) is 95.4 Å². The van der Waals surface area contributed by atoms with Crippen molar-refractivity contribution in [1.82, 2.24) is 0 Å². The van der Waals surface area contributed by atoms with Crippen LogP contribution in [0.4, 0.5) is 0 Å². The summed E-state index contributed by atoms with van der Waals surface area (Å²) < 4.78 is 0. The topological polar surface area (TPSA) is 0 Å². The van der Waals surface area contributed by atoms with E-state index in [1.807, 2.05) is 0 Å². The van der Waals surface area contributed by atoms with E-state index in [9.17, 15) is 0 Å². The fourth-order valence-electron chi connectivity index (χ4n) is 7.60. The number of hydrogen-bond donors (Lipinski definition) is 0. The maximum absolute atomic E-state index is 6.67. The molecule has 4 unspecified atom stereocenters. The van der Waals surface area contributed by atoms with E-state index in [-0.39, 0.29) is 10.8 Å². The SMILES string of the molecule is CCC1(C(C)C)CC(CC(C)C2(CC)CCCc3c(Cl)cccc32)Cc2ccc(Cl)cc21. The Morgan fingerprint density at radius 3 is 2.41 bits per heavy atom. The minimum absolute atomic E-state index is 0.232. The van der Waals surface area contributed by atoms with Gasteiger partial charge in [0, 0.05) is 10.0 Å². The van der Waals surface area contributed by atoms with Gasteiger partial charge in [-0.1, -0.05) is 76.0 Å². The van der Waals surface area contributed by atoms with Gasteiger partial charge in [0.1, 0.15) is 0 Å². The zero-order valence-corrected chi connectivity index (χ0v) is 22.1. The molecule has 174 valence electrons. The normalized spacial score (nSPS) is 28.3. The summed E-state index contributed by atoms with van der Waals surface area (Å²) in [7, 11) is 0.